The Hall–Kier alpha value is -2.51. The van der Waals surface area contributed by atoms with Crippen LogP contribution in [0.25, 0.3) is 10.9 Å². The van der Waals surface area contributed by atoms with E-state index in [0.717, 1.165) is 34.3 Å². The van der Waals surface area contributed by atoms with Crippen LogP contribution in [0.2, 0.25) is 0 Å². The fraction of sp³-hybridized carbons (Fsp3) is 0.250. The number of hydrogen-bond acceptors (Lipinski definition) is 5. The molecule has 1 aromatic heterocycles. The van der Waals surface area contributed by atoms with Gasteiger partial charge >= 0.3 is 0 Å². The SMILES string of the molecule is Nc1nc(CN2CCN(C(=O)c3cccc(Br)c3)CC2)nc2ccccc12. The first kappa shape index (κ1) is 17.9. The minimum atomic E-state index is 0.0714. The molecule has 0 radical (unpaired) electrons. The molecule has 2 N–H and O–H groups in total. The van der Waals surface area contributed by atoms with Crippen LogP contribution in [-0.2, 0) is 6.54 Å². The maximum absolute atomic E-state index is 12.7. The molecule has 3 aromatic rings. The fourth-order valence-corrected chi connectivity index (χ4v) is 3.73. The number of piperazine rings is 1. The van der Waals surface area contributed by atoms with Gasteiger partial charge in [0.2, 0.25) is 0 Å². The Morgan fingerprint density at radius 3 is 2.59 bits per heavy atom. The lowest BCUT2D eigenvalue weighted by Crippen LogP contribution is -2.48. The fourth-order valence-electron chi connectivity index (χ4n) is 3.33. The largest absolute Gasteiger partial charge is 0.383 e. The Labute approximate surface area is 166 Å². The number of halogens is 1. The number of nitrogens with zero attached hydrogens (tertiary/aromatic N) is 4. The van der Waals surface area contributed by atoms with Gasteiger partial charge in [0, 0.05) is 41.6 Å². The van der Waals surface area contributed by atoms with E-state index in [0.29, 0.717) is 31.0 Å². The summed E-state index contributed by atoms with van der Waals surface area (Å²) >= 11 is 3.42. The second-order valence-electron chi connectivity index (χ2n) is 6.62. The van der Waals surface area contributed by atoms with Gasteiger partial charge in [-0.15, -0.1) is 0 Å². The number of rotatable bonds is 3. The zero-order chi connectivity index (χ0) is 18.8. The van der Waals surface area contributed by atoms with Gasteiger partial charge in [-0.1, -0.05) is 34.1 Å². The zero-order valence-corrected chi connectivity index (χ0v) is 16.4. The predicted molar refractivity (Wildman–Crippen MR) is 109 cm³/mol. The Morgan fingerprint density at radius 2 is 1.81 bits per heavy atom. The zero-order valence-electron chi connectivity index (χ0n) is 14.8. The number of aromatic nitrogens is 2. The maximum atomic E-state index is 12.7. The van der Waals surface area contributed by atoms with E-state index in [1.807, 2.05) is 53.4 Å². The van der Waals surface area contributed by atoms with Crippen molar-refractivity contribution >= 4 is 38.6 Å². The van der Waals surface area contributed by atoms with Crippen molar-refractivity contribution in [2.24, 2.45) is 0 Å². The highest BCUT2D eigenvalue weighted by Gasteiger charge is 2.23. The van der Waals surface area contributed by atoms with Crippen molar-refractivity contribution < 1.29 is 4.79 Å². The number of anilines is 1. The molecule has 1 aliphatic rings. The summed E-state index contributed by atoms with van der Waals surface area (Å²) in [6.45, 7) is 3.59. The molecule has 0 unspecified atom stereocenters. The molecule has 6 nitrogen and oxygen atoms in total. The van der Waals surface area contributed by atoms with E-state index in [9.17, 15) is 4.79 Å². The third-order valence-electron chi connectivity index (χ3n) is 4.78. The van der Waals surface area contributed by atoms with E-state index in [2.05, 4.69) is 30.8 Å². The summed E-state index contributed by atoms with van der Waals surface area (Å²) in [6.07, 6.45) is 0. The smallest absolute Gasteiger partial charge is 0.253 e. The number of nitrogen functional groups attached to an aromatic ring is 1. The van der Waals surface area contributed by atoms with Crippen molar-refractivity contribution in [2.45, 2.75) is 6.54 Å². The van der Waals surface area contributed by atoms with Crippen molar-refractivity contribution in [3.05, 3.63) is 64.4 Å². The molecule has 1 aliphatic heterocycles. The van der Waals surface area contributed by atoms with Crippen LogP contribution in [0.4, 0.5) is 5.82 Å². The molecule has 0 aliphatic carbocycles. The summed E-state index contributed by atoms with van der Waals surface area (Å²) in [5.41, 5.74) is 7.65. The molecule has 2 aromatic carbocycles. The van der Waals surface area contributed by atoms with Gasteiger partial charge in [0.15, 0.2) is 0 Å². The second-order valence-corrected chi connectivity index (χ2v) is 7.54. The van der Waals surface area contributed by atoms with Gasteiger partial charge in [0.1, 0.15) is 11.6 Å². The van der Waals surface area contributed by atoms with E-state index in [-0.39, 0.29) is 5.91 Å². The van der Waals surface area contributed by atoms with Crippen LogP contribution in [0.1, 0.15) is 16.2 Å². The molecular weight excluding hydrogens is 406 g/mol. The molecule has 7 heteroatoms. The molecule has 138 valence electrons. The Morgan fingerprint density at radius 1 is 1.04 bits per heavy atom. The quantitative estimate of drug-likeness (QED) is 0.697. The van der Waals surface area contributed by atoms with E-state index in [1.54, 1.807) is 0 Å². The number of benzene rings is 2. The van der Waals surface area contributed by atoms with Gasteiger partial charge in [0.05, 0.1) is 12.1 Å². The highest BCUT2D eigenvalue weighted by molar-refractivity contribution is 9.10. The van der Waals surface area contributed by atoms with Gasteiger partial charge in [-0.05, 0) is 30.3 Å². The molecule has 2 heterocycles. The molecule has 0 saturated carbocycles. The van der Waals surface area contributed by atoms with E-state index in [1.165, 1.54) is 0 Å². The number of nitrogens with two attached hydrogens (primary N) is 1. The summed E-state index contributed by atoms with van der Waals surface area (Å²) < 4.78 is 0.915. The molecule has 0 atom stereocenters. The number of para-hydroxylation sites is 1. The number of carbonyl (C=O) groups is 1. The summed E-state index contributed by atoms with van der Waals surface area (Å²) in [6, 6.07) is 15.3. The average molecular weight is 426 g/mol. The van der Waals surface area contributed by atoms with Crippen molar-refractivity contribution in [2.75, 3.05) is 31.9 Å². The summed E-state index contributed by atoms with van der Waals surface area (Å²) in [5.74, 6) is 1.30. The molecule has 1 amide bonds. The number of fused-ring (bicyclic) bond motifs is 1. The van der Waals surface area contributed by atoms with Gasteiger partial charge in [-0.2, -0.15) is 0 Å². The number of carbonyl (C=O) groups excluding carboxylic acids is 1. The van der Waals surface area contributed by atoms with Crippen LogP contribution in [0.3, 0.4) is 0 Å². The number of hydrogen-bond donors (Lipinski definition) is 1. The molecule has 0 bridgehead atoms. The molecular formula is C20H20BrN5O. The van der Waals surface area contributed by atoms with Crippen LogP contribution in [0, 0.1) is 0 Å². The van der Waals surface area contributed by atoms with Crippen molar-refractivity contribution in [3.63, 3.8) is 0 Å². The standard InChI is InChI=1S/C20H20BrN5O/c21-15-5-3-4-14(12-15)20(27)26-10-8-25(9-11-26)13-18-23-17-7-2-1-6-16(17)19(22)24-18/h1-7,12H,8-11,13H2,(H2,22,23,24). The minimum Gasteiger partial charge on any atom is -0.383 e. The van der Waals surface area contributed by atoms with E-state index < -0.39 is 0 Å². The Balaban J connectivity index is 1.40. The molecule has 1 saturated heterocycles. The lowest BCUT2D eigenvalue weighted by atomic mass is 10.2. The topological polar surface area (TPSA) is 75.3 Å². The molecule has 1 fully saturated rings. The summed E-state index contributed by atoms with van der Waals surface area (Å²) in [7, 11) is 0. The van der Waals surface area contributed by atoms with Crippen molar-refractivity contribution in [3.8, 4) is 0 Å². The van der Waals surface area contributed by atoms with Gasteiger partial charge in [-0.3, -0.25) is 9.69 Å². The van der Waals surface area contributed by atoms with Crippen LogP contribution < -0.4 is 5.73 Å². The summed E-state index contributed by atoms with van der Waals surface area (Å²) in [5, 5.41) is 0.880. The first-order chi connectivity index (χ1) is 13.1. The van der Waals surface area contributed by atoms with E-state index in [4.69, 9.17) is 5.73 Å². The van der Waals surface area contributed by atoms with Crippen LogP contribution in [0.15, 0.2) is 53.0 Å². The van der Waals surface area contributed by atoms with Gasteiger partial charge in [-0.25, -0.2) is 9.97 Å². The predicted octanol–water partition coefficient (Wildman–Crippen LogP) is 2.93. The molecule has 0 spiro atoms. The first-order valence-corrected chi connectivity index (χ1v) is 9.68. The Kier molecular flexibility index (Phi) is 5.05. The Bertz CT molecular complexity index is 985. The average Bonchev–Trinajstić information content (AvgIpc) is 2.68. The second kappa shape index (κ2) is 7.62. The van der Waals surface area contributed by atoms with Gasteiger partial charge < -0.3 is 10.6 Å². The highest BCUT2D eigenvalue weighted by atomic mass is 79.9. The van der Waals surface area contributed by atoms with Gasteiger partial charge in [0.25, 0.3) is 5.91 Å². The van der Waals surface area contributed by atoms with Crippen molar-refractivity contribution in [1.82, 2.24) is 19.8 Å². The summed E-state index contributed by atoms with van der Waals surface area (Å²) in [4.78, 5) is 25.9. The molecule has 27 heavy (non-hydrogen) atoms. The third-order valence-corrected chi connectivity index (χ3v) is 5.27. The normalized spacial score (nSPS) is 15.2. The lowest BCUT2D eigenvalue weighted by Gasteiger charge is -2.34. The van der Waals surface area contributed by atoms with Crippen molar-refractivity contribution in [1.29, 1.82) is 0 Å². The van der Waals surface area contributed by atoms with E-state index >= 15 is 0 Å². The minimum absolute atomic E-state index is 0.0714. The molecule has 4 rings (SSSR count). The van der Waals surface area contributed by atoms with Crippen LogP contribution in [-0.4, -0.2) is 51.9 Å². The van der Waals surface area contributed by atoms with Crippen LogP contribution in [0.5, 0.6) is 0 Å². The number of amides is 1. The first-order valence-electron chi connectivity index (χ1n) is 8.88. The maximum Gasteiger partial charge on any atom is 0.253 e. The monoisotopic (exact) mass is 425 g/mol. The highest BCUT2D eigenvalue weighted by Crippen LogP contribution is 2.19. The van der Waals surface area contributed by atoms with Crippen LogP contribution >= 0.6 is 15.9 Å². The third kappa shape index (κ3) is 3.94. The lowest BCUT2D eigenvalue weighted by molar-refractivity contribution is 0.0625.